The van der Waals surface area contributed by atoms with E-state index in [1.54, 1.807) is 4.90 Å². The summed E-state index contributed by atoms with van der Waals surface area (Å²) >= 11 is 11.6. The Morgan fingerprint density at radius 1 is 1.19 bits per heavy atom. The maximum absolute atomic E-state index is 12.6. The van der Waals surface area contributed by atoms with Crippen LogP contribution in [0.3, 0.4) is 0 Å². The van der Waals surface area contributed by atoms with Gasteiger partial charge < -0.3 is 9.32 Å². The molecule has 0 atom stereocenters. The summed E-state index contributed by atoms with van der Waals surface area (Å²) in [5.41, 5.74) is -0.289. The number of hydrogen-bond acceptors (Lipinski definition) is 5. The molecule has 0 unspecified atom stereocenters. The van der Waals surface area contributed by atoms with E-state index in [4.69, 9.17) is 27.6 Å². The zero-order chi connectivity index (χ0) is 15.7. The average molecular weight is 330 g/mol. The minimum absolute atomic E-state index is 0.0500. The van der Waals surface area contributed by atoms with Gasteiger partial charge in [-0.2, -0.15) is 4.98 Å². The fourth-order valence-electron chi connectivity index (χ4n) is 1.99. The van der Waals surface area contributed by atoms with Crippen molar-refractivity contribution < 1.29 is 9.21 Å². The van der Waals surface area contributed by atoms with Gasteiger partial charge >= 0.3 is 5.63 Å². The average Bonchev–Trinajstić information content (AvgIpc) is 2.44. The highest BCUT2D eigenvalue weighted by molar-refractivity contribution is 6.40. The van der Waals surface area contributed by atoms with Gasteiger partial charge in [-0.3, -0.25) is 4.79 Å². The molecule has 112 valence electrons. The quantitative estimate of drug-likeness (QED) is 0.865. The molecule has 0 N–H and O–H groups in total. The van der Waals surface area contributed by atoms with E-state index in [2.05, 4.69) is 9.97 Å². The van der Waals surface area contributed by atoms with Gasteiger partial charge in [0.15, 0.2) is 10.3 Å². The summed E-state index contributed by atoms with van der Waals surface area (Å²) in [6, 6.07) is 0. The van der Waals surface area contributed by atoms with Crippen LogP contribution >= 0.6 is 23.2 Å². The van der Waals surface area contributed by atoms with Crippen molar-refractivity contribution in [2.45, 2.75) is 20.8 Å². The SMILES string of the molecule is CCN(CC)C(=O)c1c(C)c(=O)oc2nc(Cl)c(Cl)nc12. The Balaban J connectivity index is 2.83. The molecule has 21 heavy (non-hydrogen) atoms. The Morgan fingerprint density at radius 2 is 1.76 bits per heavy atom. The molecular formula is C13H13Cl2N3O3. The third-order valence-corrected chi connectivity index (χ3v) is 3.78. The van der Waals surface area contributed by atoms with Gasteiger partial charge in [0.05, 0.1) is 5.56 Å². The summed E-state index contributed by atoms with van der Waals surface area (Å²) in [4.78, 5) is 33.9. The van der Waals surface area contributed by atoms with Gasteiger partial charge in [-0.25, -0.2) is 9.78 Å². The van der Waals surface area contributed by atoms with E-state index in [1.165, 1.54) is 6.92 Å². The van der Waals surface area contributed by atoms with Crippen LogP contribution in [0.4, 0.5) is 0 Å². The van der Waals surface area contributed by atoms with Crippen molar-refractivity contribution in [2.24, 2.45) is 0 Å². The van der Waals surface area contributed by atoms with Crippen molar-refractivity contribution in [3.8, 4) is 0 Å². The fourth-order valence-corrected chi connectivity index (χ4v) is 2.23. The third-order valence-electron chi connectivity index (χ3n) is 3.15. The molecule has 0 bridgehead atoms. The minimum Gasteiger partial charge on any atom is -0.402 e. The van der Waals surface area contributed by atoms with Crippen LogP contribution in [0.2, 0.25) is 10.3 Å². The summed E-state index contributed by atoms with van der Waals surface area (Å²) in [6.45, 7) is 6.21. The predicted octanol–water partition coefficient (Wildman–Crippen LogP) is 2.68. The van der Waals surface area contributed by atoms with Crippen molar-refractivity contribution in [1.29, 1.82) is 0 Å². The highest BCUT2D eigenvalue weighted by atomic mass is 35.5. The molecule has 0 spiro atoms. The Hall–Kier alpha value is -1.66. The highest BCUT2D eigenvalue weighted by Gasteiger charge is 2.24. The maximum atomic E-state index is 12.6. The first-order valence-corrected chi connectivity index (χ1v) is 7.12. The van der Waals surface area contributed by atoms with E-state index in [0.29, 0.717) is 13.1 Å². The standard InChI is InChI=1S/C13H13Cl2N3O3/c1-4-18(5-2)12(19)7-6(3)13(20)21-11-8(7)16-9(14)10(15)17-11/h4-5H2,1-3H3. The van der Waals surface area contributed by atoms with E-state index in [0.717, 1.165) is 0 Å². The molecule has 0 aliphatic heterocycles. The zero-order valence-electron chi connectivity index (χ0n) is 11.7. The van der Waals surface area contributed by atoms with E-state index in [1.807, 2.05) is 13.8 Å². The van der Waals surface area contributed by atoms with E-state index >= 15 is 0 Å². The number of hydrogen-bond donors (Lipinski definition) is 0. The van der Waals surface area contributed by atoms with Crippen LogP contribution in [0.1, 0.15) is 29.8 Å². The molecule has 0 aliphatic rings. The summed E-state index contributed by atoms with van der Waals surface area (Å²) in [7, 11) is 0. The van der Waals surface area contributed by atoms with Gasteiger partial charge in [-0.05, 0) is 20.8 Å². The van der Waals surface area contributed by atoms with E-state index in [9.17, 15) is 9.59 Å². The molecule has 0 fully saturated rings. The van der Waals surface area contributed by atoms with Crippen LogP contribution < -0.4 is 5.63 Å². The van der Waals surface area contributed by atoms with Crippen LogP contribution in [0.5, 0.6) is 0 Å². The van der Waals surface area contributed by atoms with Crippen molar-refractivity contribution in [1.82, 2.24) is 14.9 Å². The van der Waals surface area contributed by atoms with E-state index in [-0.39, 0.29) is 38.6 Å². The number of amides is 1. The van der Waals surface area contributed by atoms with Gasteiger partial charge in [0.25, 0.3) is 11.6 Å². The fraction of sp³-hybridized carbons (Fsp3) is 0.385. The van der Waals surface area contributed by atoms with Crippen LogP contribution in [-0.2, 0) is 0 Å². The monoisotopic (exact) mass is 329 g/mol. The minimum atomic E-state index is -0.648. The molecule has 0 saturated heterocycles. The van der Waals surface area contributed by atoms with Gasteiger partial charge in [0.2, 0.25) is 0 Å². The summed E-state index contributed by atoms with van der Waals surface area (Å²) in [6.07, 6.45) is 0. The molecule has 0 aliphatic carbocycles. The third kappa shape index (κ3) is 2.73. The number of carbonyl (C=O) groups excluding carboxylic acids is 1. The largest absolute Gasteiger partial charge is 0.402 e. The van der Waals surface area contributed by atoms with Crippen LogP contribution in [0.15, 0.2) is 9.21 Å². The number of halogens is 2. The lowest BCUT2D eigenvalue weighted by molar-refractivity contribution is 0.0773. The van der Waals surface area contributed by atoms with Crippen LogP contribution in [-0.4, -0.2) is 33.9 Å². The number of carbonyl (C=O) groups is 1. The van der Waals surface area contributed by atoms with E-state index < -0.39 is 5.63 Å². The van der Waals surface area contributed by atoms with Gasteiger partial charge in [0.1, 0.15) is 5.52 Å². The Bertz CT molecular complexity index is 769. The Kier molecular flexibility index (Phi) is 4.49. The van der Waals surface area contributed by atoms with Gasteiger partial charge in [0, 0.05) is 18.7 Å². The molecule has 2 heterocycles. The van der Waals surface area contributed by atoms with Crippen molar-refractivity contribution in [3.05, 3.63) is 31.9 Å². The first-order chi connectivity index (χ1) is 9.90. The number of rotatable bonds is 3. The molecule has 0 radical (unpaired) electrons. The summed E-state index contributed by atoms with van der Waals surface area (Å²) in [5, 5.41) is -0.136. The second-order valence-electron chi connectivity index (χ2n) is 4.33. The Labute approximate surface area is 130 Å². The number of aromatic nitrogens is 2. The summed E-state index contributed by atoms with van der Waals surface area (Å²) < 4.78 is 5.02. The molecule has 2 aromatic heterocycles. The van der Waals surface area contributed by atoms with Crippen LogP contribution in [0, 0.1) is 6.92 Å². The normalized spacial score (nSPS) is 10.9. The highest BCUT2D eigenvalue weighted by Crippen LogP contribution is 2.24. The predicted molar refractivity (Wildman–Crippen MR) is 80.1 cm³/mol. The molecule has 6 nitrogen and oxygen atoms in total. The molecule has 0 aromatic carbocycles. The molecule has 2 aromatic rings. The molecular weight excluding hydrogens is 317 g/mol. The van der Waals surface area contributed by atoms with Gasteiger partial charge in [-0.15, -0.1) is 0 Å². The lowest BCUT2D eigenvalue weighted by Gasteiger charge is -2.19. The van der Waals surface area contributed by atoms with Crippen LogP contribution in [0.25, 0.3) is 11.2 Å². The topological polar surface area (TPSA) is 76.3 Å². The van der Waals surface area contributed by atoms with Crippen molar-refractivity contribution >= 4 is 40.3 Å². The molecule has 0 saturated carbocycles. The summed E-state index contributed by atoms with van der Waals surface area (Å²) in [5.74, 6) is -0.317. The lowest BCUT2D eigenvalue weighted by atomic mass is 10.1. The molecule has 1 amide bonds. The number of nitrogens with zero attached hydrogens (tertiary/aromatic N) is 3. The smallest absolute Gasteiger partial charge is 0.341 e. The second kappa shape index (κ2) is 5.99. The Morgan fingerprint density at radius 3 is 2.33 bits per heavy atom. The molecule has 2 rings (SSSR count). The van der Waals surface area contributed by atoms with Gasteiger partial charge in [-0.1, -0.05) is 23.2 Å². The first kappa shape index (κ1) is 15.7. The lowest BCUT2D eigenvalue weighted by Crippen LogP contribution is -2.32. The van der Waals surface area contributed by atoms with Crippen molar-refractivity contribution in [3.63, 3.8) is 0 Å². The first-order valence-electron chi connectivity index (χ1n) is 6.36. The number of fused-ring (bicyclic) bond motifs is 1. The maximum Gasteiger partial charge on any atom is 0.341 e. The second-order valence-corrected chi connectivity index (χ2v) is 5.04. The molecule has 8 heteroatoms. The zero-order valence-corrected chi connectivity index (χ0v) is 13.2. The van der Waals surface area contributed by atoms with Crippen molar-refractivity contribution in [2.75, 3.05) is 13.1 Å².